The molecule has 0 radical (unpaired) electrons. The Kier molecular flexibility index (Phi) is 4.32. The lowest BCUT2D eigenvalue weighted by molar-refractivity contribution is 0.243. The molecule has 0 unspecified atom stereocenters. The Morgan fingerprint density at radius 2 is 1.93 bits per heavy atom. The van der Waals surface area contributed by atoms with Crippen molar-refractivity contribution in [3.8, 4) is 0 Å². The van der Waals surface area contributed by atoms with Gasteiger partial charge in [-0.25, -0.2) is 9.97 Å². The monoisotopic (exact) mass is 410 g/mol. The molecule has 5 rings (SSSR count). The summed E-state index contributed by atoms with van der Waals surface area (Å²) in [5, 5.41) is 5.04. The molecule has 4 aromatic rings. The van der Waals surface area contributed by atoms with Gasteiger partial charge < -0.3 is 9.88 Å². The van der Waals surface area contributed by atoms with E-state index in [2.05, 4.69) is 29.9 Å². The quantitative estimate of drug-likeness (QED) is 0.549. The van der Waals surface area contributed by atoms with Crippen molar-refractivity contribution in [1.82, 2.24) is 34.4 Å². The van der Waals surface area contributed by atoms with Crippen LogP contribution in [-0.2, 0) is 6.54 Å². The van der Waals surface area contributed by atoms with Crippen molar-refractivity contribution in [1.29, 1.82) is 0 Å². The lowest BCUT2D eigenvalue weighted by Crippen LogP contribution is -2.47. The summed E-state index contributed by atoms with van der Waals surface area (Å²) in [6.07, 6.45) is 1.54. The maximum absolute atomic E-state index is 12.5. The van der Waals surface area contributed by atoms with Gasteiger partial charge in [-0.2, -0.15) is 14.6 Å². The average molecular weight is 411 g/mol. The number of H-pyrrole nitrogens is 1. The Bertz CT molecular complexity index is 1260. The van der Waals surface area contributed by atoms with Crippen LogP contribution in [0, 0.1) is 20.8 Å². The molecule has 0 saturated carbocycles. The molecule has 1 aliphatic rings. The number of rotatable bonds is 3. The molecule has 1 fully saturated rings. The summed E-state index contributed by atoms with van der Waals surface area (Å²) in [4.78, 5) is 35.4. The lowest BCUT2D eigenvalue weighted by Gasteiger charge is -2.35. The fourth-order valence-corrected chi connectivity index (χ4v) is 4.91. The zero-order chi connectivity index (χ0) is 20.1. The highest BCUT2D eigenvalue weighted by molar-refractivity contribution is 7.18. The van der Waals surface area contributed by atoms with Gasteiger partial charge in [-0.3, -0.25) is 9.69 Å². The van der Waals surface area contributed by atoms with E-state index in [-0.39, 0.29) is 5.56 Å². The van der Waals surface area contributed by atoms with Crippen molar-refractivity contribution in [3.05, 3.63) is 44.7 Å². The Morgan fingerprint density at radius 1 is 1.14 bits per heavy atom. The number of aromatic amines is 1. The van der Waals surface area contributed by atoms with Gasteiger partial charge in [-0.05, 0) is 26.3 Å². The predicted octanol–water partition coefficient (Wildman–Crippen LogP) is 1.67. The first-order valence-corrected chi connectivity index (χ1v) is 10.4. The Hall–Kier alpha value is -2.85. The Labute approximate surface area is 171 Å². The van der Waals surface area contributed by atoms with Gasteiger partial charge in [0, 0.05) is 42.8 Å². The number of aromatic nitrogens is 6. The van der Waals surface area contributed by atoms with Crippen LogP contribution in [0.5, 0.6) is 0 Å². The molecule has 9 nitrogen and oxygen atoms in total. The van der Waals surface area contributed by atoms with E-state index in [4.69, 9.17) is 4.98 Å². The third kappa shape index (κ3) is 3.18. The minimum absolute atomic E-state index is 0.0358. The zero-order valence-electron chi connectivity index (χ0n) is 16.6. The van der Waals surface area contributed by atoms with Gasteiger partial charge in [0.1, 0.15) is 22.8 Å². The van der Waals surface area contributed by atoms with E-state index in [0.29, 0.717) is 12.3 Å². The van der Waals surface area contributed by atoms with Gasteiger partial charge in [0.25, 0.3) is 11.3 Å². The summed E-state index contributed by atoms with van der Waals surface area (Å²) in [6, 6.07) is 2.05. The normalized spacial score (nSPS) is 15.6. The Balaban J connectivity index is 1.33. The molecule has 29 heavy (non-hydrogen) atoms. The van der Waals surface area contributed by atoms with E-state index >= 15 is 0 Å². The smallest absolute Gasteiger partial charge is 0.259 e. The molecule has 10 heteroatoms. The third-order valence-electron chi connectivity index (χ3n) is 5.52. The molecule has 1 saturated heterocycles. The summed E-state index contributed by atoms with van der Waals surface area (Å²) < 4.78 is 1.79. The van der Waals surface area contributed by atoms with Crippen LogP contribution in [0.1, 0.15) is 22.0 Å². The maximum atomic E-state index is 12.5. The standard InChI is InChI=1S/C19H22N8OS/c1-11-8-15(27-19(22-11)20-10-21-27)26-6-4-25(5-7-26)9-14-23-17(28)16-12(2)13(3)29-18(16)24-14/h8,10H,4-7,9H2,1-3H3,(H,23,24,28). The van der Waals surface area contributed by atoms with E-state index < -0.39 is 0 Å². The van der Waals surface area contributed by atoms with Crippen LogP contribution in [0.25, 0.3) is 16.0 Å². The molecular formula is C19H22N8OS. The highest BCUT2D eigenvalue weighted by Crippen LogP contribution is 2.26. The summed E-state index contributed by atoms with van der Waals surface area (Å²) in [5.41, 5.74) is 1.93. The molecule has 1 aliphatic heterocycles. The van der Waals surface area contributed by atoms with Crippen molar-refractivity contribution >= 4 is 33.1 Å². The summed E-state index contributed by atoms with van der Waals surface area (Å²) in [6.45, 7) is 10.1. The number of aryl methyl sites for hydroxylation is 3. The molecule has 4 aromatic heterocycles. The van der Waals surface area contributed by atoms with E-state index in [1.165, 1.54) is 6.33 Å². The van der Waals surface area contributed by atoms with E-state index in [1.54, 1.807) is 15.9 Å². The van der Waals surface area contributed by atoms with Crippen molar-refractivity contribution in [2.45, 2.75) is 27.3 Å². The number of hydrogen-bond donors (Lipinski definition) is 1. The first kappa shape index (κ1) is 18.2. The van der Waals surface area contributed by atoms with Crippen LogP contribution in [0.15, 0.2) is 17.2 Å². The largest absolute Gasteiger partial charge is 0.354 e. The van der Waals surface area contributed by atoms with Crippen LogP contribution in [0.2, 0.25) is 0 Å². The molecule has 1 N–H and O–H groups in total. The fourth-order valence-electron chi connectivity index (χ4n) is 3.86. The topological polar surface area (TPSA) is 95.3 Å². The summed E-state index contributed by atoms with van der Waals surface area (Å²) >= 11 is 1.59. The molecule has 0 spiro atoms. The SMILES string of the molecule is Cc1cc(N2CCN(Cc3nc4sc(C)c(C)c4c(=O)[nH]3)CC2)n2ncnc2n1. The van der Waals surface area contributed by atoms with E-state index in [1.807, 2.05) is 26.8 Å². The first-order chi connectivity index (χ1) is 14.0. The minimum atomic E-state index is -0.0358. The van der Waals surface area contributed by atoms with E-state index in [9.17, 15) is 4.79 Å². The Morgan fingerprint density at radius 3 is 2.72 bits per heavy atom. The van der Waals surface area contributed by atoms with Gasteiger partial charge in [0.2, 0.25) is 0 Å². The first-order valence-electron chi connectivity index (χ1n) is 9.63. The number of fused-ring (bicyclic) bond motifs is 2. The summed E-state index contributed by atoms with van der Waals surface area (Å²) in [7, 11) is 0. The second kappa shape index (κ2) is 6.89. The van der Waals surface area contributed by atoms with Crippen molar-refractivity contribution in [2.75, 3.05) is 31.1 Å². The van der Waals surface area contributed by atoms with Gasteiger partial charge in [-0.1, -0.05) is 0 Å². The number of anilines is 1. The predicted molar refractivity (Wildman–Crippen MR) is 113 cm³/mol. The second-order valence-corrected chi connectivity index (χ2v) is 8.67. The number of nitrogens with zero attached hydrogens (tertiary/aromatic N) is 7. The molecule has 150 valence electrons. The number of piperazine rings is 1. The molecule has 5 heterocycles. The molecule has 0 aromatic carbocycles. The van der Waals surface area contributed by atoms with Crippen molar-refractivity contribution in [3.63, 3.8) is 0 Å². The van der Waals surface area contributed by atoms with Gasteiger partial charge in [-0.15, -0.1) is 11.3 Å². The number of nitrogens with one attached hydrogen (secondary N) is 1. The van der Waals surface area contributed by atoms with Crippen molar-refractivity contribution in [2.24, 2.45) is 0 Å². The highest BCUT2D eigenvalue weighted by atomic mass is 32.1. The van der Waals surface area contributed by atoms with Crippen molar-refractivity contribution < 1.29 is 0 Å². The van der Waals surface area contributed by atoms with Gasteiger partial charge >= 0.3 is 0 Å². The molecule has 0 amide bonds. The molecular weight excluding hydrogens is 388 g/mol. The average Bonchev–Trinajstić information content (AvgIpc) is 3.26. The molecule has 0 aliphatic carbocycles. The fraction of sp³-hybridized carbons (Fsp3) is 0.421. The lowest BCUT2D eigenvalue weighted by atomic mass is 10.2. The van der Waals surface area contributed by atoms with E-state index in [0.717, 1.165) is 64.2 Å². The van der Waals surface area contributed by atoms with Crippen LogP contribution in [0.4, 0.5) is 5.82 Å². The van der Waals surface area contributed by atoms with Crippen LogP contribution in [0.3, 0.4) is 0 Å². The van der Waals surface area contributed by atoms with Crippen LogP contribution < -0.4 is 10.5 Å². The van der Waals surface area contributed by atoms with Crippen LogP contribution in [-0.4, -0.2) is 60.6 Å². The number of hydrogen-bond acceptors (Lipinski definition) is 8. The minimum Gasteiger partial charge on any atom is -0.354 e. The third-order valence-corrected chi connectivity index (χ3v) is 6.62. The van der Waals surface area contributed by atoms with Gasteiger partial charge in [0.05, 0.1) is 11.9 Å². The van der Waals surface area contributed by atoms with Crippen LogP contribution >= 0.6 is 11.3 Å². The number of thiophene rings is 1. The second-order valence-electron chi connectivity index (χ2n) is 7.47. The molecule has 0 atom stereocenters. The molecule has 0 bridgehead atoms. The summed E-state index contributed by atoms with van der Waals surface area (Å²) in [5.74, 6) is 2.37. The maximum Gasteiger partial charge on any atom is 0.259 e. The van der Waals surface area contributed by atoms with Gasteiger partial charge in [0.15, 0.2) is 0 Å². The highest BCUT2D eigenvalue weighted by Gasteiger charge is 2.21. The zero-order valence-corrected chi connectivity index (χ0v) is 17.5.